The number of hydrogen-bond donors (Lipinski definition) is 1. The lowest BCUT2D eigenvalue weighted by Crippen LogP contribution is -2.28. The van der Waals surface area contributed by atoms with E-state index in [1.165, 1.54) is 18.0 Å². The molecule has 1 unspecified atom stereocenters. The van der Waals surface area contributed by atoms with E-state index in [2.05, 4.69) is 9.97 Å². The fraction of sp³-hybridized carbons (Fsp3) is 0.545. The Labute approximate surface area is 105 Å². The number of carbonyl (C=O) groups is 1. The van der Waals surface area contributed by atoms with Crippen molar-refractivity contribution < 1.29 is 9.53 Å². The summed E-state index contributed by atoms with van der Waals surface area (Å²) in [5.74, 6) is 0.0421. The van der Waals surface area contributed by atoms with Crippen molar-refractivity contribution in [2.24, 2.45) is 0 Å². The Bertz CT molecular complexity index is 404. The minimum Gasteiger partial charge on any atom is -0.459 e. The van der Waals surface area contributed by atoms with Crippen molar-refractivity contribution in [2.75, 3.05) is 5.73 Å². The van der Waals surface area contributed by atoms with Crippen LogP contribution in [0.5, 0.6) is 0 Å². The maximum Gasteiger partial charge on any atom is 0.319 e. The number of ether oxygens (including phenoxy) is 1. The number of esters is 1. The highest BCUT2D eigenvalue weighted by molar-refractivity contribution is 8.00. The first-order valence-corrected chi connectivity index (χ1v) is 6.13. The third-order valence-electron chi connectivity index (χ3n) is 1.72. The number of aromatic nitrogens is 2. The zero-order chi connectivity index (χ0) is 13.1. The van der Waals surface area contributed by atoms with Crippen LogP contribution in [0.25, 0.3) is 0 Å². The second kappa shape index (κ2) is 5.35. The van der Waals surface area contributed by atoms with Crippen molar-refractivity contribution in [3.8, 4) is 0 Å². The normalized spacial score (nSPS) is 13.2. The van der Waals surface area contributed by atoms with Crippen molar-refractivity contribution in [3.63, 3.8) is 0 Å². The molecule has 0 aromatic carbocycles. The smallest absolute Gasteiger partial charge is 0.319 e. The molecule has 17 heavy (non-hydrogen) atoms. The number of carbonyl (C=O) groups excluding carboxylic acids is 1. The Morgan fingerprint density at radius 3 is 2.53 bits per heavy atom. The van der Waals surface area contributed by atoms with Gasteiger partial charge in [-0.2, -0.15) is 0 Å². The van der Waals surface area contributed by atoms with Gasteiger partial charge in [-0.15, -0.1) is 0 Å². The van der Waals surface area contributed by atoms with Gasteiger partial charge in [0, 0.05) is 12.4 Å². The first-order chi connectivity index (χ1) is 7.79. The molecule has 0 saturated carbocycles. The van der Waals surface area contributed by atoms with Crippen LogP contribution in [0.2, 0.25) is 0 Å². The van der Waals surface area contributed by atoms with Crippen LogP contribution in [0.15, 0.2) is 17.4 Å². The van der Waals surface area contributed by atoms with Crippen molar-refractivity contribution in [3.05, 3.63) is 12.4 Å². The molecule has 1 rings (SSSR count). The summed E-state index contributed by atoms with van der Waals surface area (Å²) >= 11 is 1.25. The number of anilines is 1. The maximum absolute atomic E-state index is 11.7. The van der Waals surface area contributed by atoms with Crippen LogP contribution in [0.4, 0.5) is 5.82 Å². The Kier molecular flexibility index (Phi) is 4.34. The van der Waals surface area contributed by atoms with E-state index in [1.54, 1.807) is 13.1 Å². The van der Waals surface area contributed by atoms with Gasteiger partial charge < -0.3 is 10.5 Å². The standard InChI is InChI=1S/C11H17N3O2S/c1-7(10(15)16-11(2,3)4)17-9-8(12)13-5-6-14-9/h5-7H,1-4H3,(H2,12,13). The third-order valence-corrected chi connectivity index (χ3v) is 2.80. The summed E-state index contributed by atoms with van der Waals surface area (Å²) in [6.45, 7) is 7.25. The van der Waals surface area contributed by atoms with Crippen LogP contribution in [-0.2, 0) is 9.53 Å². The molecule has 6 heteroatoms. The molecule has 0 radical (unpaired) electrons. The lowest BCUT2D eigenvalue weighted by molar-refractivity contribution is -0.153. The largest absolute Gasteiger partial charge is 0.459 e. The van der Waals surface area contributed by atoms with Crippen molar-refractivity contribution in [1.29, 1.82) is 0 Å². The Balaban J connectivity index is 2.64. The minimum atomic E-state index is -0.486. The third kappa shape index (κ3) is 4.60. The van der Waals surface area contributed by atoms with Gasteiger partial charge in [-0.1, -0.05) is 11.8 Å². The summed E-state index contributed by atoms with van der Waals surface area (Å²) in [5.41, 5.74) is 5.16. The summed E-state index contributed by atoms with van der Waals surface area (Å²) in [6, 6.07) is 0. The van der Waals surface area contributed by atoms with E-state index in [1.807, 2.05) is 20.8 Å². The van der Waals surface area contributed by atoms with Gasteiger partial charge in [0.1, 0.15) is 15.9 Å². The van der Waals surface area contributed by atoms with Gasteiger partial charge in [0.2, 0.25) is 0 Å². The van der Waals surface area contributed by atoms with E-state index in [0.29, 0.717) is 10.8 Å². The molecule has 2 N–H and O–H groups in total. The molecule has 5 nitrogen and oxygen atoms in total. The molecule has 1 atom stereocenters. The summed E-state index contributed by atoms with van der Waals surface area (Å²) in [4.78, 5) is 19.7. The molecule has 0 aliphatic carbocycles. The molecule has 1 aromatic heterocycles. The van der Waals surface area contributed by atoms with Crippen LogP contribution in [0.3, 0.4) is 0 Å². The van der Waals surface area contributed by atoms with Gasteiger partial charge in [-0.05, 0) is 27.7 Å². The minimum absolute atomic E-state index is 0.285. The Hall–Kier alpha value is -1.30. The first kappa shape index (κ1) is 13.8. The molecular formula is C11H17N3O2S. The summed E-state index contributed by atoms with van der Waals surface area (Å²) in [5, 5.41) is 0.180. The molecule has 0 aliphatic heterocycles. The predicted octanol–water partition coefficient (Wildman–Crippen LogP) is 1.88. The maximum atomic E-state index is 11.7. The fourth-order valence-corrected chi connectivity index (χ4v) is 1.80. The molecule has 0 spiro atoms. The van der Waals surface area contributed by atoms with Gasteiger partial charge in [0.15, 0.2) is 5.82 Å². The van der Waals surface area contributed by atoms with Gasteiger partial charge in [0.05, 0.1) is 0 Å². The highest BCUT2D eigenvalue weighted by Crippen LogP contribution is 2.26. The van der Waals surface area contributed by atoms with Crippen molar-refractivity contribution >= 4 is 23.5 Å². The highest BCUT2D eigenvalue weighted by atomic mass is 32.2. The average molecular weight is 255 g/mol. The number of thioether (sulfide) groups is 1. The number of nitrogens with zero attached hydrogens (tertiary/aromatic N) is 2. The molecule has 94 valence electrons. The molecule has 1 aromatic rings. The summed E-state index contributed by atoms with van der Waals surface area (Å²) in [6.07, 6.45) is 3.05. The zero-order valence-corrected chi connectivity index (χ0v) is 11.2. The van der Waals surface area contributed by atoms with Gasteiger partial charge in [-0.25, -0.2) is 9.97 Å². The first-order valence-electron chi connectivity index (χ1n) is 5.25. The van der Waals surface area contributed by atoms with Crippen molar-refractivity contribution in [1.82, 2.24) is 9.97 Å². The quantitative estimate of drug-likeness (QED) is 0.656. The number of rotatable bonds is 3. The molecule has 0 amide bonds. The van der Waals surface area contributed by atoms with Crippen molar-refractivity contribution in [2.45, 2.75) is 43.6 Å². The summed E-state index contributed by atoms with van der Waals surface area (Å²) in [7, 11) is 0. The van der Waals surface area contributed by atoms with Crippen LogP contribution < -0.4 is 5.73 Å². The molecule has 1 heterocycles. The zero-order valence-electron chi connectivity index (χ0n) is 10.4. The topological polar surface area (TPSA) is 78.1 Å². The van der Waals surface area contributed by atoms with Gasteiger partial charge in [-0.3, -0.25) is 4.79 Å². The van der Waals surface area contributed by atoms with E-state index < -0.39 is 5.60 Å². The fourth-order valence-electron chi connectivity index (χ4n) is 1.03. The Morgan fingerprint density at radius 2 is 2.00 bits per heavy atom. The lowest BCUT2D eigenvalue weighted by atomic mass is 10.2. The molecule has 0 aliphatic rings. The SMILES string of the molecule is CC(Sc1nccnc1N)C(=O)OC(C)(C)C. The van der Waals surface area contributed by atoms with Crippen LogP contribution in [0.1, 0.15) is 27.7 Å². The van der Waals surface area contributed by atoms with Crippen LogP contribution in [0, 0.1) is 0 Å². The second-order valence-electron chi connectivity index (χ2n) is 4.54. The highest BCUT2D eigenvalue weighted by Gasteiger charge is 2.23. The van der Waals surface area contributed by atoms with Crippen LogP contribution >= 0.6 is 11.8 Å². The number of nitrogen functional groups attached to an aromatic ring is 1. The molecular weight excluding hydrogens is 238 g/mol. The van der Waals surface area contributed by atoms with E-state index in [9.17, 15) is 4.79 Å². The molecule has 0 fully saturated rings. The van der Waals surface area contributed by atoms with Gasteiger partial charge >= 0.3 is 5.97 Å². The monoisotopic (exact) mass is 255 g/mol. The van der Waals surface area contributed by atoms with E-state index in [0.717, 1.165) is 0 Å². The number of hydrogen-bond acceptors (Lipinski definition) is 6. The van der Waals surface area contributed by atoms with E-state index in [4.69, 9.17) is 10.5 Å². The number of nitrogens with two attached hydrogens (primary N) is 1. The predicted molar refractivity (Wildman–Crippen MR) is 67.6 cm³/mol. The van der Waals surface area contributed by atoms with E-state index >= 15 is 0 Å². The lowest BCUT2D eigenvalue weighted by Gasteiger charge is -2.21. The second-order valence-corrected chi connectivity index (χ2v) is 5.87. The Morgan fingerprint density at radius 1 is 1.41 bits per heavy atom. The molecule has 0 saturated heterocycles. The molecule has 0 bridgehead atoms. The summed E-state index contributed by atoms with van der Waals surface area (Å²) < 4.78 is 5.26. The van der Waals surface area contributed by atoms with Gasteiger partial charge in [0.25, 0.3) is 0 Å². The average Bonchev–Trinajstić information content (AvgIpc) is 2.18. The van der Waals surface area contributed by atoms with Crippen LogP contribution in [-0.4, -0.2) is 26.8 Å². The van der Waals surface area contributed by atoms with E-state index in [-0.39, 0.29) is 11.2 Å².